The van der Waals surface area contributed by atoms with E-state index < -0.39 is 10.8 Å². The Morgan fingerprint density at radius 1 is 0.935 bits per heavy atom. The van der Waals surface area contributed by atoms with Crippen molar-refractivity contribution in [1.29, 1.82) is 0 Å². The maximum Gasteiger partial charge on any atom is 0.237 e. The molecule has 0 saturated carbocycles. The molecule has 2 N–H and O–H groups in total. The van der Waals surface area contributed by atoms with Crippen molar-refractivity contribution in [2.45, 2.75) is 43.1 Å². The Morgan fingerprint density at radius 2 is 1.76 bits per heavy atom. The highest BCUT2D eigenvalue weighted by atomic mass is 16.2. The number of hydrogen-bond acceptors (Lipinski definition) is 7. The first-order valence-electron chi connectivity index (χ1n) is 16.1. The third-order valence-electron chi connectivity index (χ3n) is 10.9. The summed E-state index contributed by atoms with van der Waals surface area (Å²) in [5.41, 5.74) is 6.88. The van der Waals surface area contributed by atoms with Crippen LogP contribution in [0.5, 0.6) is 0 Å². The van der Waals surface area contributed by atoms with E-state index in [0.29, 0.717) is 38.2 Å². The molecule has 4 aromatic rings. The number of amides is 3. The topological polar surface area (TPSA) is 111 Å². The Balaban J connectivity index is 1.01. The van der Waals surface area contributed by atoms with Crippen LogP contribution < -0.4 is 15.5 Å². The molecule has 10 nitrogen and oxygen atoms in total. The number of likely N-dealkylation sites (N-methyl/N-ethyl adjacent to an activating group) is 1. The van der Waals surface area contributed by atoms with Gasteiger partial charge in [0.1, 0.15) is 5.82 Å². The molecule has 4 aliphatic heterocycles. The van der Waals surface area contributed by atoms with Crippen LogP contribution in [0.2, 0.25) is 0 Å². The van der Waals surface area contributed by atoms with E-state index in [2.05, 4.69) is 62.8 Å². The van der Waals surface area contributed by atoms with Crippen molar-refractivity contribution < 1.29 is 14.4 Å². The number of pyridine rings is 2. The average molecular weight is 614 g/mol. The first kappa shape index (κ1) is 27.5. The van der Waals surface area contributed by atoms with Crippen LogP contribution in [0.25, 0.3) is 10.9 Å². The lowest BCUT2D eigenvalue weighted by molar-refractivity contribution is -0.134. The van der Waals surface area contributed by atoms with Crippen LogP contribution >= 0.6 is 0 Å². The second-order valence-electron chi connectivity index (χ2n) is 13.8. The van der Waals surface area contributed by atoms with Crippen LogP contribution in [-0.2, 0) is 44.6 Å². The molecule has 1 fully saturated rings. The van der Waals surface area contributed by atoms with Gasteiger partial charge < -0.3 is 25.3 Å². The van der Waals surface area contributed by atoms with Crippen LogP contribution in [0, 0.1) is 0 Å². The van der Waals surface area contributed by atoms with Gasteiger partial charge in [-0.1, -0.05) is 18.2 Å². The number of carbonyl (C=O) groups excluding carboxylic acids is 3. The summed E-state index contributed by atoms with van der Waals surface area (Å²) in [5, 5.41) is 7.12. The molecule has 46 heavy (non-hydrogen) atoms. The van der Waals surface area contributed by atoms with Gasteiger partial charge in [0.15, 0.2) is 0 Å². The van der Waals surface area contributed by atoms with E-state index in [-0.39, 0.29) is 24.1 Å². The molecule has 2 aromatic carbocycles. The summed E-state index contributed by atoms with van der Waals surface area (Å²) in [6, 6.07) is 18.5. The number of carbonyl (C=O) groups is 3. The van der Waals surface area contributed by atoms with Gasteiger partial charge in [0.25, 0.3) is 0 Å². The summed E-state index contributed by atoms with van der Waals surface area (Å²) in [7, 11) is 2.08. The monoisotopic (exact) mass is 613 g/mol. The number of nitrogens with one attached hydrogen (secondary N) is 2. The molecule has 1 aliphatic carbocycles. The summed E-state index contributed by atoms with van der Waals surface area (Å²) in [6.07, 6.45) is 3.60. The quantitative estimate of drug-likeness (QED) is 0.363. The Morgan fingerprint density at radius 3 is 2.61 bits per heavy atom. The summed E-state index contributed by atoms with van der Waals surface area (Å²) in [6.45, 7) is 4.31. The van der Waals surface area contributed by atoms with Gasteiger partial charge in [0.05, 0.1) is 23.2 Å². The summed E-state index contributed by atoms with van der Waals surface area (Å²) in [5.74, 6) is 0.765. The van der Waals surface area contributed by atoms with Crippen molar-refractivity contribution in [3.63, 3.8) is 0 Å². The lowest BCUT2D eigenvalue weighted by atomic mass is 9.73. The Kier molecular flexibility index (Phi) is 5.87. The summed E-state index contributed by atoms with van der Waals surface area (Å²) >= 11 is 0. The van der Waals surface area contributed by atoms with E-state index in [1.807, 2.05) is 29.2 Å². The Bertz CT molecular complexity index is 1990. The highest BCUT2D eigenvalue weighted by Crippen LogP contribution is 2.52. The second-order valence-corrected chi connectivity index (χ2v) is 13.8. The molecule has 2 unspecified atom stereocenters. The highest BCUT2D eigenvalue weighted by Gasteiger charge is 2.52. The lowest BCUT2D eigenvalue weighted by Crippen LogP contribution is -2.50. The number of aromatic nitrogens is 2. The smallest absolute Gasteiger partial charge is 0.237 e. The first-order chi connectivity index (χ1) is 22.3. The molecule has 6 heterocycles. The summed E-state index contributed by atoms with van der Waals surface area (Å²) in [4.78, 5) is 55.9. The van der Waals surface area contributed by atoms with E-state index >= 15 is 0 Å². The largest absolute Gasteiger partial charge is 0.364 e. The Hall–Kier alpha value is -4.83. The SMILES string of the molecule is CN1CCN(C(=O)CC23CC(=O)Nc4cccc(c42)N(Cc2ccc4cc5c(cc4n2)CC2(C5)C(=O)Nc4ncccc42)C3)CC1. The van der Waals surface area contributed by atoms with Gasteiger partial charge in [0.2, 0.25) is 17.7 Å². The predicted octanol–water partition coefficient (Wildman–Crippen LogP) is 3.38. The van der Waals surface area contributed by atoms with Crippen molar-refractivity contribution in [1.82, 2.24) is 19.8 Å². The zero-order valence-corrected chi connectivity index (χ0v) is 25.8. The van der Waals surface area contributed by atoms with Gasteiger partial charge in [0, 0.05) is 85.1 Å². The van der Waals surface area contributed by atoms with Crippen molar-refractivity contribution in [3.8, 4) is 0 Å². The van der Waals surface area contributed by atoms with E-state index in [4.69, 9.17) is 4.98 Å². The van der Waals surface area contributed by atoms with Gasteiger partial charge in [-0.3, -0.25) is 19.4 Å². The first-order valence-corrected chi connectivity index (χ1v) is 16.1. The number of nitrogens with zero attached hydrogens (tertiary/aromatic N) is 5. The maximum absolute atomic E-state index is 13.7. The minimum absolute atomic E-state index is 0.0158. The predicted molar refractivity (Wildman–Crippen MR) is 175 cm³/mol. The van der Waals surface area contributed by atoms with Crippen LogP contribution in [0.3, 0.4) is 0 Å². The number of fused-ring (bicyclic) bond motifs is 4. The van der Waals surface area contributed by atoms with Gasteiger partial charge in [-0.15, -0.1) is 0 Å². The standard InChI is InChI=1S/C36H35N7O3/c1-41-10-12-42(13-11-41)31(45)19-35-18-30(44)39-27-5-2-6-29(32(27)35)43(21-35)20-25-8-7-22-14-23-16-36(17-24(23)15-28(22)38-25)26-4-3-9-37-33(26)40-34(36)46/h2-9,14-15H,10-13,16-21H2,1H3,(H,39,44)(H,37,40,46). The van der Waals surface area contributed by atoms with Gasteiger partial charge >= 0.3 is 0 Å². The molecule has 10 heteroatoms. The third-order valence-corrected chi connectivity index (χ3v) is 10.9. The van der Waals surface area contributed by atoms with Crippen molar-refractivity contribution >= 4 is 45.8 Å². The lowest BCUT2D eigenvalue weighted by Gasteiger charge is -2.38. The van der Waals surface area contributed by atoms with Crippen LogP contribution in [0.15, 0.2) is 60.8 Å². The van der Waals surface area contributed by atoms with Crippen molar-refractivity contribution in [3.05, 3.63) is 88.7 Å². The van der Waals surface area contributed by atoms with Crippen LogP contribution in [-0.4, -0.2) is 77.3 Å². The van der Waals surface area contributed by atoms with Crippen molar-refractivity contribution in [2.24, 2.45) is 0 Å². The molecule has 9 rings (SSSR count). The zero-order valence-electron chi connectivity index (χ0n) is 25.8. The number of piperazine rings is 1. The highest BCUT2D eigenvalue weighted by molar-refractivity contribution is 6.06. The Labute approximate surface area is 266 Å². The number of anilines is 3. The molecular weight excluding hydrogens is 578 g/mol. The van der Waals surface area contributed by atoms with E-state index in [1.165, 1.54) is 5.56 Å². The minimum atomic E-state index is -0.619. The van der Waals surface area contributed by atoms with E-state index in [0.717, 1.165) is 70.8 Å². The molecular formula is C36H35N7O3. The number of hydrogen-bond donors (Lipinski definition) is 2. The number of rotatable bonds is 4. The number of benzene rings is 2. The maximum atomic E-state index is 13.7. The fourth-order valence-corrected chi connectivity index (χ4v) is 8.67. The molecule has 0 bridgehead atoms. The fourth-order valence-electron chi connectivity index (χ4n) is 8.67. The van der Waals surface area contributed by atoms with Crippen molar-refractivity contribution in [2.75, 3.05) is 55.3 Å². The third kappa shape index (κ3) is 4.09. The normalized spacial score (nSPS) is 24.6. The molecule has 232 valence electrons. The average Bonchev–Trinajstić information content (AvgIpc) is 3.65. The second kappa shape index (κ2) is 9.83. The molecule has 2 aromatic heterocycles. The summed E-state index contributed by atoms with van der Waals surface area (Å²) < 4.78 is 0. The molecule has 3 amide bonds. The molecule has 5 aliphatic rings. The van der Waals surface area contributed by atoms with Crippen LogP contribution in [0.1, 0.15) is 40.8 Å². The molecule has 0 radical (unpaired) electrons. The van der Waals surface area contributed by atoms with Gasteiger partial charge in [-0.25, -0.2) is 4.98 Å². The molecule has 2 atom stereocenters. The van der Waals surface area contributed by atoms with Gasteiger partial charge in [-0.2, -0.15) is 0 Å². The molecule has 1 spiro atoms. The molecule has 1 saturated heterocycles. The minimum Gasteiger partial charge on any atom is -0.364 e. The van der Waals surface area contributed by atoms with E-state index in [9.17, 15) is 14.4 Å². The van der Waals surface area contributed by atoms with Gasteiger partial charge in [-0.05, 0) is 67.4 Å². The van der Waals surface area contributed by atoms with E-state index in [1.54, 1.807) is 6.20 Å². The zero-order chi connectivity index (χ0) is 31.2. The fraction of sp³-hybridized carbons (Fsp3) is 0.361. The van der Waals surface area contributed by atoms with Crippen LogP contribution in [0.4, 0.5) is 17.2 Å².